The van der Waals surface area contributed by atoms with Gasteiger partial charge in [-0.3, -0.25) is 4.98 Å². The number of alkyl halides is 1. The highest BCUT2D eigenvalue weighted by Gasteiger charge is 2.18. The van der Waals surface area contributed by atoms with Crippen LogP contribution in [-0.4, -0.2) is 18.1 Å². The number of benzene rings is 1. The number of rotatable bonds is 2. The van der Waals surface area contributed by atoms with Crippen molar-refractivity contribution in [2.24, 2.45) is 5.92 Å². The summed E-state index contributed by atoms with van der Waals surface area (Å²) in [6.07, 6.45) is 2.54. The van der Waals surface area contributed by atoms with Crippen molar-refractivity contribution >= 4 is 28.2 Å². The van der Waals surface area contributed by atoms with Crippen molar-refractivity contribution < 1.29 is 0 Å². The molecule has 0 saturated carbocycles. The lowest BCUT2D eigenvalue weighted by Crippen LogP contribution is -2.33. The smallest absolute Gasteiger partial charge is 0.0726 e. The number of nitrogens with zero attached hydrogens (tertiary/aromatic N) is 2. The third kappa shape index (κ3) is 2.55. The van der Waals surface area contributed by atoms with E-state index in [1.165, 1.54) is 23.9 Å². The van der Waals surface area contributed by atoms with Crippen LogP contribution in [0.2, 0.25) is 0 Å². The van der Waals surface area contributed by atoms with Gasteiger partial charge in [-0.25, -0.2) is 0 Å². The molecule has 0 atom stereocenters. The lowest BCUT2D eigenvalue weighted by molar-refractivity contribution is 0.439. The van der Waals surface area contributed by atoms with Gasteiger partial charge >= 0.3 is 0 Å². The van der Waals surface area contributed by atoms with Crippen LogP contribution in [0.5, 0.6) is 0 Å². The third-order valence-corrected chi connectivity index (χ3v) is 4.28. The Balaban J connectivity index is 2.05. The summed E-state index contributed by atoms with van der Waals surface area (Å²) in [7, 11) is 0. The molecule has 2 nitrogen and oxygen atoms in total. The molecule has 19 heavy (non-hydrogen) atoms. The van der Waals surface area contributed by atoms with E-state index in [2.05, 4.69) is 41.1 Å². The Hall–Kier alpha value is -1.28. The van der Waals surface area contributed by atoms with E-state index in [1.807, 2.05) is 6.07 Å². The second-order valence-electron chi connectivity index (χ2n) is 5.45. The molecule has 1 saturated heterocycles. The fourth-order valence-electron chi connectivity index (χ4n) is 2.79. The second-order valence-corrected chi connectivity index (χ2v) is 5.72. The van der Waals surface area contributed by atoms with Crippen molar-refractivity contribution in [1.82, 2.24) is 4.98 Å². The Morgan fingerprint density at radius 1 is 1.26 bits per heavy atom. The first-order valence-electron chi connectivity index (χ1n) is 6.97. The summed E-state index contributed by atoms with van der Waals surface area (Å²) in [6.45, 7) is 4.61. The van der Waals surface area contributed by atoms with E-state index < -0.39 is 0 Å². The van der Waals surface area contributed by atoms with Crippen molar-refractivity contribution in [3.8, 4) is 0 Å². The van der Waals surface area contributed by atoms with Crippen LogP contribution in [0.25, 0.3) is 10.9 Å². The molecule has 1 aromatic carbocycles. The maximum absolute atomic E-state index is 5.98. The van der Waals surface area contributed by atoms with Gasteiger partial charge in [0.2, 0.25) is 0 Å². The maximum Gasteiger partial charge on any atom is 0.0726 e. The number of anilines is 1. The highest BCUT2D eigenvalue weighted by Crippen LogP contribution is 2.30. The number of aromatic nitrogens is 1. The van der Waals surface area contributed by atoms with Crippen LogP contribution in [0.1, 0.15) is 25.5 Å². The first-order chi connectivity index (χ1) is 9.28. The molecular weight excluding hydrogens is 256 g/mol. The van der Waals surface area contributed by atoms with E-state index >= 15 is 0 Å². The van der Waals surface area contributed by atoms with Crippen LogP contribution in [0.3, 0.4) is 0 Å². The maximum atomic E-state index is 5.98. The number of fused-ring (bicyclic) bond motifs is 1. The van der Waals surface area contributed by atoms with Crippen molar-refractivity contribution in [3.05, 3.63) is 36.0 Å². The molecule has 0 radical (unpaired) electrons. The standard InChI is InChI=1S/C16H19ClN2/c1-12-6-8-19(9-7-12)16-10-13(11-17)18-15-5-3-2-4-14(15)16/h2-5,10,12H,6-9,11H2,1H3. The van der Waals surface area contributed by atoms with Gasteiger partial charge in [0.05, 0.1) is 17.1 Å². The van der Waals surface area contributed by atoms with Gasteiger partial charge in [0, 0.05) is 24.2 Å². The summed E-state index contributed by atoms with van der Waals surface area (Å²) >= 11 is 5.98. The van der Waals surface area contributed by atoms with Gasteiger partial charge in [0.1, 0.15) is 0 Å². The molecule has 1 aliphatic rings. The van der Waals surface area contributed by atoms with Gasteiger partial charge in [-0.2, -0.15) is 0 Å². The van der Waals surface area contributed by atoms with Crippen LogP contribution >= 0.6 is 11.6 Å². The molecule has 0 N–H and O–H groups in total. The Bertz CT molecular complexity index is 574. The van der Waals surface area contributed by atoms with Gasteiger partial charge in [0.15, 0.2) is 0 Å². The molecule has 0 bridgehead atoms. The van der Waals surface area contributed by atoms with Gasteiger partial charge in [-0.05, 0) is 30.9 Å². The number of hydrogen-bond acceptors (Lipinski definition) is 2. The molecule has 0 spiro atoms. The van der Waals surface area contributed by atoms with E-state index in [0.717, 1.165) is 30.2 Å². The van der Waals surface area contributed by atoms with Gasteiger partial charge in [0.25, 0.3) is 0 Å². The van der Waals surface area contributed by atoms with Crippen molar-refractivity contribution in [2.45, 2.75) is 25.6 Å². The predicted octanol–water partition coefficient (Wildman–Crippen LogP) is 4.21. The summed E-state index contributed by atoms with van der Waals surface area (Å²) in [5, 5.41) is 1.24. The summed E-state index contributed by atoms with van der Waals surface area (Å²) in [6, 6.07) is 10.5. The number of piperidine rings is 1. The number of hydrogen-bond donors (Lipinski definition) is 0. The minimum absolute atomic E-state index is 0.474. The quantitative estimate of drug-likeness (QED) is 0.763. The number of pyridine rings is 1. The Labute approximate surface area is 119 Å². The molecule has 1 fully saturated rings. The van der Waals surface area contributed by atoms with E-state index in [9.17, 15) is 0 Å². The molecule has 2 aromatic rings. The number of halogens is 1. The van der Waals surface area contributed by atoms with Crippen LogP contribution in [0, 0.1) is 5.92 Å². The SMILES string of the molecule is CC1CCN(c2cc(CCl)nc3ccccc23)CC1. The molecule has 3 rings (SSSR count). The van der Waals surface area contributed by atoms with E-state index in [-0.39, 0.29) is 0 Å². The minimum atomic E-state index is 0.474. The first kappa shape index (κ1) is 12.7. The average Bonchev–Trinajstić information content (AvgIpc) is 2.47. The Kier molecular flexibility index (Phi) is 3.61. The second kappa shape index (κ2) is 5.38. The van der Waals surface area contributed by atoms with Crippen molar-refractivity contribution in [2.75, 3.05) is 18.0 Å². The zero-order valence-electron chi connectivity index (χ0n) is 11.3. The van der Waals surface area contributed by atoms with Crippen LogP contribution in [-0.2, 0) is 5.88 Å². The number of para-hydroxylation sites is 1. The highest BCUT2D eigenvalue weighted by atomic mass is 35.5. The average molecular weight is 275 g/mol. The molecule has 1 aromatic heterocycles. The topological polar surface area (TPSA) is 16.1 Å². The van der Waals surface area contributed by atoms with Gasteiger partial charge in [-0.15, -0.1) is 11.6 Å². The fraction of sp³-hybridized carbons (Fsp3) is 0.438. The van der Waals surface area contributed by atoms with Crippen LogP contribution < -0.4 is 4.90 Å². The summed E-state index contributed by atoms with van der Waals surface area (Å²) in [5.74, 6) is 1.32. The molecule has 3 heteroatoms. The molecule has 1 aliphatic heterocycles. The van der Waals surface area contributed by atoms with Gasteiger partial charge < -0.3 is 4.90 Å². The van der Waals surface area contributed by atoms with E-state index in [4.69, 9.17) is 11.6 Å². The zero-order valence-corrected chi connectivity index (χ0v) is 12.0. The monoisotopic (exact) mass is 274 g/mol. The molecule has 0 unspecified atom stereocenters. The van der Waals surface area contributed by atoms with Crippen LogP contribution in [0.15, 0.2) is 30.3 Å². The fourth-order valence-corrected chi connectivity index (χ4v) is 2.93. The molecule has 2 heterocycles. The Morgan fingerprint density at radius 2 is 2.00 bits per heavy atom. The predicted molar refractivity (Wildman–Crippen MR) is 81.9 cm³/mol. The molecule has 100 valence electrons. The molecular formula is C16H19ClN2. The van der Waals surface area contributed by atoms with E-state index in [0.29, 0.717) is 5.88 Å². The largest absolute Gasteiger partial charge is 0.371 e. The van der Waals surface area contributed by atoms with Gasteiger partial charge in [-0.1, -0.05) is 25.1 Å². The summed E-state index contributed by atoms with van der Waals surface area (Å²) in [4.78, 5) is 7.09. The van der Waals surface area contributed by atoms with Crippen molar-refractivity contribution in [3.63, 3.8) is 0 Å². The molecule has 0 amide bonds. The van der Waals surface area contributed by atoms with Crippen LogP contribution in [0.4, 0.5) is 5.69 Å². The van der Waals surface area contributed by atoms with Crippen molar-refractivity contribution in [1.29, 1.82) is 0 Å². The Morgan fingerprint density at radius 3 is 2.74 bits per heavy atom. The third-order valence-electron chi connectivity index (χ3n) is 4.01. The minimum Gasteiger partial charge on any atom is -0.371 e. The van der Waals surface area contributed by atoms with E-state index in [1.54, 1.807) is 0 Å². The lowest BCUT2D eigenvalue weighted by Gasteiger charge is -2.33. The highest BCUT2D eigenvalue weighted by molar-refractivity contribution is 6.17. The lowest BCUT2D eigenvalue weighted by atomic mass is 9.98. The first-order valence-corrected chi connectivity index (χ1v) is 7.51. The molecule has 0 aliphatic carbocycles. The summed E-state index contributed by atoms with van der Waals surface area (Å²) in [5.41, 5.74) is 3.32. The normalized spacial score (nSPS) is 17.1. The zero-order chi connectivity index (χ0) is 13.2. The summed E-state index contributed by atoms with van der Waals surface area (Å²) < 4.78 is 0.